The minimum Gasteiger partial charge on any atom is -0.496 e. The molecule has 1 heterocycles. The monoisotopic (exact) mass is 263 g/mol. The number of methoxy groups -OCH3 is 1. The van der Waals surface area contributed by atoms with Gasteiger partial charge in [-0.1, -0.05) is 12.1 Å². The minimum absolute atomic E-state index is 0.119. The molecule has 19 heavy (non-hydrogen) atoms. The molecule has 0 aliphatic carbocycles. The Labute approximate surface area is 114 Å². The highest BCUT2D eigenvalue weighted by atomic mass is 16.5. The number of rotatable bonds is 4. The Morgan fingerprint density at radius 3 is 2.84 bits per heavy atom. The first kappa shape index (κ1) is 13.9. The van der Waals surface area contributed by atoms with Crippen molar-refractivity contribution >= 4 is 5.97 Å². The second-order valence-electron chi connectivity index (χ2n) is 5.14. The summed E-state index contributed by atoms with van der Waals surface area (Å²) >= 11 is 0. The first-order chi connectivity index (χ1) is 9.04. The van der Waals surface area contributed by atoms with Gasteiger partial charge in [-0.05, 0) is 50.4 Å². The molecule has 0 amide bonds. The number of aliphatic carboxylic acids is 1. The predicted octanol–water partition coefficient (Wildman–Crippen LogP) is 2.61. The van der Waals surface area contributed by atoms with Crippen molar-refractivity contribution in [2.45, 2.75) is 38.8 Å². The van der Waals surface area contributed by atoms with Gasteiger partial charge in [-0.25, -0.2) is 0 Å². The third kappa shape index (κ3) is 2.73. The predicted molar refractivity (Wildman–Crippen MR) is 73.5 cm³/mol. The maximum Gasteiger partial charge on any atom is 0.320 e. The highest BCUT2D eigenvalue weighted by Gasteiger charge is 2.34. The molecule has 1 unspecified atom stereocenters. The summed E-state index contributed by atoms with van der Waals surface area (Å²) in [6.07, 6.45) is 1.70. The zero-order valence-electron chi connectivity index (χ0n) is 11.7. The van der Waals surface area contributed by atoms with Gasteiger partial charge in [0.05, 0.1) is 7.11 Å². The first-order valence-electron chi connectivity index (χ1n) is 6.67. The van der Waals surface area contributed by atoms with Crippen LogP contribution in [-0.2, 0) is 4.79 Å². The van der Waals surface area contributed by atoms with Gasteiger partial charge >= 0.3 is 5.97 Å². The largest absolute Gasteiger partial charge is 0.496 e. The molecule has 0 spiro atoms. The zero-order valence-corrected chi connectivity index (χ0v) is 11.7. The molecule has 2 atom stereocenters. The third-order valence-electron chi connectivity index (χ3n) is 3.98. The Kier molecular flexibility index (Phi) is 4.10. The molecule has 1 N–H and O–H groups in total. The van der Waals surface area contributed by atoms with E-state index in [2.05, 4.69) is 17.9 Å². The van der Waals surface area contributed by atoms with Crippen LogP contribution in [0.4, 0.5) is 0 Å². The fourth-order valence-corrected chi connectivity index (χ4v) is 2.87. The standard InChI is InChI=1S/C15H21NO3/c1-10-9-12(6-7-14(10)19-3)11(2)16-8-4-5-13(16)15(17)18/h6-7,9,11,13H,4-5,8H2,1-3H3,(H,17,18)/t11?,13-/m0/s1. The second kappa shape index (κ2) is 5.61. The van der Waals surface area contributed by atoms with Crippen molar-refractivity contribution in [3.05, 3.63) is 29.3 Å². The lowest BCUT2D eigenvalue weighted by Gasteiger charge is -2.29. The van der Waals surface area contributed by atoms with Crippen LogP contribution in [0, 0.1) is 6.92 Å². The van der Waals surface area contributed by atoms with Gasteiger partial charge in [0, 0.05) is 6.04 Å². The number of likely N-dealkylation sites (tertiary alicyclic amines) is 1. The Hall–Kier alpha value is -1.55. The van der Waals surface area contributed by atoms with Crippen molar-refractivity contribution in [3.8, 4) is 5.75 Å². The van der Waals surface area contributed by atoms with Crippen LogP contribution < -0.4 is 4.74 Å². The van der Waals surface area contributed by atoms with Crippen molar-refractivity contribution in [3.63, 3.8) is 0 Å². The van der Waals surface area contributed by atoms with Gasteiger partial charge in [0.25, 0.3) is 0 Å². The summed E-state index contributed by atoms with van der Waals surface area (Å²) in [6, 6.07) is 5.83. The zero-order chi connectivity index (χ0) is 14.0. The van der Waals surface area contributed by atoms with E-state index in [0.717, 1.165) is 36.3 Å². The highest BCUT2D eigenvalue weighted by molar-refractivity contribution is 5.73. The number of hydrogen-bond donors (Lipinski definition) is 1. The van der Waals surface area contributed by atoms with Crippen LogP contribution in [0.2, 0.25) is 0 Å². The van der Waals surface area contributed by atoms with E-state index in [0.29, 0.717) is 0 Å². The van der Waals surface area contributed by atoms with Gasteiger partial charge in [-0.15, -0.1) is 0 Å². The normalized spacial score (nSPS) is 21.3. The van der Waals surface area contributed by atoms with E-state index in [-0.39, 0.29) is 12.1 Å². The third-order valence-corrected chi connectivity index (χ3v) is 3.98. The Bertz CT molecular complexity index is 472. The molecule has 1 aliphatic heterocycles. The average molecular weight is 263 g/mol. The first-order valence-corrected chi connectivity index (χ1v) is 6.67. The Balaban J connectivity index is 2.21. The van der Waals surface area contributed by atoms with Gasteiger partial charge < -0.3 is 9.84 Å². The van der Waals surface area contributed by atoms with Crippen molar-refractivity contribution in [1.82, 2.24) is 4.90 Å². The number of nitrogens with zero attached hydrogens (tertiary/aromatic N) is 1. The van der Waals surface area contributed by atoms with E-state index in [1.807, 2.05) is 19.1 Å². The van der Waals surface area contributed by atoms with Crippen LogP contribution in [0.5, 0.6) is 5.75 Å². The van der Waals surface area contributed by atoms with Gasteiger partial charge in [0.1, 0.15) is 11.8 Å². The summed E-state index contributed by atoms with van der Waals surface area (Å²) in [5.41, 5.74) is 2.23. The Morgan fingerprint density at radius 2 is 2.26 bits per heavy atom. The molecule has 2 rings (SSSR count). The summed E-state index contributed by atoms with van der Waals surface area (Å²) in [5.74, 6) is 0.154. The second-order valence-corrected chi connectivity index (χ2v) is 5.14. The smallest absolute Gasteiger partial charge is 0.320 e. The quantitative estimate of drug-likeness (QED) is 0.907. The molecule has 4 heteroatoms. The number of carbonyl (C=O) groups is 1. The van der Waals surface area contributed by atoms with Gasteiger partial charge in [-0.3, -0.25) is 9.69 Å². The molecule has 1 saturated heterocycles. The number of aryl methyl sites for hydroxylation is 1. The molecule has 4 nitrogen and oxygen atoms in total. The number of benzene rings is 1. The summed E-state index contributed by atoms with van der Waals surface area (Å²) in [4.78, 5) is 13.3. The fraction of sp³-hybridized carbons (Fsp3) is 0.533. The van der Waals surface area contributed by atoms with Gasteiger partial charge in [-0.2, -0.15) is 0 Å². The number of ether oxygens (including phenoxy) is 1. The molecular weight excluding hydrogens is 242 g/mol. The summed E-state index contributed by atoms with van der Waals surface area (Å²) in [6.45, 7) is 4.93. The van der Waals surface area contributed by atoms with Crippen LogP contribution in [0.25, 0.3) is 0 Å². The molecule has 1 aromatic carbocycles. The lowest BCUT2D eigenvalue weighted by Crippen LogP contribution is -2.37. The average Bonchev–Trinajstić information content (AvgIpc) is 2.87. The van der Waals surface area contributed by atoms with Crippen LogP contribution in [0.3, 0.4) is 0 Å². The lowest BCUT2D eigenvalue weighted by atomic mass is 10.0. The summed E-state index contributed by atoms with van der Waals surface area (Å²) in [7, 11) is 1.66. The van der Waals surface area contributed by atoms with Crippen LogP contribution in [0.1, 0.15) is 36.9 Å². The van der Waals surface area contributed by atoms with Crippen LogP contribution >= 0.6 is 0 Å². The van der Waals surface area contributed by atoms with E-state index in [1.54, 1.807) is 7.11 Å². The van der Waals surface area contributed by atoms with Crippen molar-refractivity contribution in [2.75, 3.05) is 13.7 Å². The van der Waals surface area contributed by atoms with Gasteiger partial charge in [0.15, 0.2) is 0 Å². The van der Waals surface area contributed by atoms with E-state index in [1.165, 1.54) is 0 Å². The summed E-state index contributed by atoms with van der Waals surface area (Å²) < 4.78 is 5.26. The molecule has 1 aliphatic rings. The van der Waals surface area contributed by atoms with Crippen molar-refractivity contribution in [1.29, 1.82) is 0 Å². The van der Waals surface area contributed by atoms with E-state index < -0.39 is 5.97 Å². The molecule has 0 aromatic heterocycles. The SMILES string of the molecule is COc1ccc(C(C)N2CCC[C@H]2C(=O)O)cc1C. The highest BCUT2D eigenvalue weighted by Crippen LogP contribution is 2.31. The lowest BCUT2D eigenvalue weighted by molar-refractivity contribution is -0.142. The molecule has 0 saturated carbocycles. The number of carboxylic acids is 1. The molecular formula is C15H21NO3. The minimum atomic E-state index is -0.713. The maximum atomic E-state index is 11.3. The van der Waals surface area contributed by atoms with Crippen molar-refractivity contribution < 1.29 is 14.6 Å². The molecule has 104 valence electrons. The fourth-order valence-electron chi connectivity index (χ4n) is 2.87. The molecule has 0 bridgehead atoms. The molecule has 0 radical (unpaired) electrons. The van der Waals surface area contributed by atoms with E-state index in [9.17, 15) is 9.90 Å². The maximum absolute atomic E-state index is 11.3. The van der Waals surface area contributed by atoms with E-state index >= 15 is 0 Å². The Morgan fingerprint density at radius 1 is 1.53 bits per heavy atom. The molecule has 1 aromatic rings. The number of hydrogen-bond acceptors (Lipinski definition) is 3. The van der Waals surface area contributed by atoms with Gasteiger partial charge in [0.2, 0.25) is 0 Å². The topological polar surface area (TPSA) is 49.8 Å². The summed E-state index contributed by atoms with van der Waals surface area (Å²) in [5, 5.41) is 9.25. The number of carboxylic acid groups (broad SMARTS) is 1. The van der Waals surface area contributed by atoms with E-state index in [4.69, 9.17) is 4.74 Å². The van der Waals surface area contributed by atoms with Crippen molar-refractivity contribution in [2.24, 2.45) is 0 Å². The molecule has 1 fully saturated rings. The van der Waals surface area contributed by atoms with Crippen LogP contribution in [-0.4, -0.2) is 35.7 Å². The van der Waals surface area contributed by atoms with Crippen LogP contribution in [0.15, 0.2) is 18.2 Å².